The molecule has 0 aliphatic carbocycles. The van der Waals surface area contributed by atoms with E-state index in [4.69, 9.17) is 4.74 Å². The van der Waals surface area contributed by atoms with Crippen molar-refractivity contribution in [2.24, 2.45) is 0 Å². The van der Waals surface area contributed by atoms with Gasteiger partial charge in [-0.2, -0.15) is 0 Å². The van der Waals surface area contributed by atoms with Crippen molar-refractivity contribution in [3.05, 3.63) is 0 Å². The standard InChI is InChI=1S/C8H15NO3S/c10-13(11,8-5-9-6-8)7-1-3-12-4-2-7/h7-9H,1-6H2. The molecule has 0 saturated carbocycles. The summed E-state index contributed by atoms with van der Waals surface area (Å²) < 4.78 is 28.9. The summed E-state index contributed by atoms with van der Waals surface area (Å²) in [4.78, 5) is 0. The summed E-state index contributed by atoms with van der Waals surface area (Å²) in [5, 5.41) is 2.72. The first-order valence-electron chi connectivity index (χ1n) is 4.72. The van der Waals surface area contributed by atoms with Crippen LogP contribution in [0, 0.1) is 0 Å². The van der Waals surface area contributed by atoms with Crippen molar-refractivity contribution in [3.63, 3.8) is 0 Å². The Morgan fingerprint density at radius 3 is 2.15 bits per heavy atom. The fourth-order valence-electron chi connectivity index (χ4n) is 1.77. The highest BCUT2D eigenvalue weighted by Gasteiger charge is 2.38. The van der Waals surface area contributed by atoms with Crippen LogP contribution in [0.3, 0.4) is 0 Å². The van der Waals surface area contributed by atoms with E-state index in [0.29, 0.717) is 39.1 Å². The molecule has 5 heteroatoms. The van der Waals surface area contributed by atoms with Crippen LogP contribution in [0.1, 0.15) is 12.8 Å². The van der Waals surface area contributed by atoms with Crippen LogP contribution >= 0.6 is 0 Å². The number of nitrogens with one attached hydrogen (secondary N) is 1. The van der Waals surface area contributed by atoms with E-state index in [1.54, 1.807) is 0 Å². The molecule has 13 heavy (non-hydrogen) atoms. The Morgan fingerprint density at radius 1 is 1.08 bits per heavy atom. The third-order valence-electron chi connectivity index (χ3n) is 2.84. The van der Waals surface area contributed by atoms with E-state index >= 15 is 0 Å². The molecule has 0 aromatic heterocycles. The predicted molar refractivity (Wildman–Crippen MR) is 49.4 cm³/mol. The molecule has 0 atom stereocenters. The number of rotatable bonds is 2. The fraction of sp³-hybridized carbons (Fsp3) is 1.00. The second-order valence-corrected chi connectivity index (χ2v) is 6.19. The normalized spacial score (nSPS) is 27.1. The van der Waals surface area contributed by atoms with Crippen LogP contribution in [0.4, 0.5) is 0 Å². The lowest BCUT2D eigenvalue weighted by atomic mass is 10.2. The quantitative estimate of drug-likeness (QED) is 0.663. The van der Waals surface area contributed by atoms with Crippen molar-refractivity contribution in [3.8, 4) is 0 Å². The first-order valence-corrected chi connectivity index (χ1v) is 6.33. The molecule has 0 aromatic rings. The molecule has 0 spiro atoms. The van der Waals surface area contributed by atoms with Gasteiger partial charge in [0, 0.05) is 26.3 Å². The second-order valence-electron chi connectivity index (χ2n) is 3.68. The minimum absolute atomic E-state index is 0.129. The third-order valence-corrected chi connectivity index (χ3v) is 5.50. The lowest BCUT2D eigenvalue weighted by Gasteiger charge is -2.32. The molecular formula is C8H15NO3S. The Bertz CT molecular complexity index is 265. The maximum absolute atomic E-state index is 11.9. The van der Waals surface area contributed by atoms with Gasteiger partial charge in [0.1, 0.15) is 0 Å². The van der Waals surface area contributed by atoms with Gasteiger partial charge in [-0.3, -0.25) is 0 Å². The van der Waals surface area contributed by atoms with Gasteiger partial charge in [-0.15, -0.1) is 0 Å². The average molecular weight is 205 g/mol. The molecule has 2 aliphatic rings. The molecule has 1 N–H and O–H groups in total. The molecule has 76 valence electrons. The van der Waals surface area contributed by atoms with Crippen molar-refractivity contribution < 1.29 is 13.2 Å². The molecule has 2 aliphatic heterocycles. The third kappa shape index (κ3) is 1.73. The van der Waals surface area contributed by atoms with Gasteiger partial charge >= 0.3 is 0 Å². The summed E-state index contributed by atoms with van der Waals surface area (Å²) in [5.74, 6) is 0. The molecule has 2 heterocycles. The van der Waals surface area contributed by atoms with Gasteiger partial charge in [0.25, 0.3) is 0 Å². The van der Waals surface area contributed by atoms with Crippen LogP contribution in [0.5, 0.6) is 0 Å². The first-order chi connectivity index (χ1) is 6.21. The Morgan fingerprint density at radius 2 is 1.69 bits per heavy atom. The maximum atomic E-state index is 11.9. The van der Waals surface area contributed by atoms with Crippen LogP contribution in [0.25, 0.3) is 0 Å². The predicted octanol–water partition coefficient (Wildman–Crippen LogP) is -0.448. The van der Waals surface area contributed by atoms with Gasteiger partial charge in [-0.25, -0.2) is 8.42 Å². The lowest BCUT2D eigenvalue weighted by Crippen LogP contribution is -2.54. The molecule has 0 aromatic carbocycles. The summed E-state index contributed by atoms with van der Waals surface area (Å²) >= 11 is 0. The largest absolute Gasteiger partial charge is 0.381 e. The Kier molecular flexibility index (Phi) is 2.58. The van der Waals surface area contributed by atoms with E-state index < -0.39 is 9.84 Å². The highest BCUT2D eigenvalue weighted by Crippen LogP contribution is 2.21. The summed E-state index contributed by atoms with van der Waals surface area (Å²) in [5.41, 5.74) is 0. The lowest BCUT2D eigenvalue weighted by molar-refractivity contribution is 0.0980. The Labute approximate surface area is 78.6 Å². The average Bonchev–Trinajstić information content (AvgIpc) is 2.02. The van der Waals surface area contributed by atoms with Crippen molar-refractivity contribution in [2.75, 3.05) is 26.3 Å². The van der Waals surface area contributed by atoms with Crippen LogP contribution in [0.15, 0.2) is 0 Å². The van der Waals surface area contributed by atoms with E-state index in [1.807, 2.05) is 0 Å². The zero-order chi connectivity index (χ0) is 9.31. The van der Waals surface area contributed by atoms with Gasteiger partial charge in [-0.05, 0) is 12.8 Å². The topological polar surface area (TPSA) is 55.4 Å². The highest BCUT2D eigenvalue weighted by atomic mass is 32.2. The van der Waals surface area contributed by atoms with Gasteiger partial charge in [-0.1, -0.05) is 0 Å². The van der Waals surface area contributed by atoms with Crippen molar-refractivity contribution in [2.45, 2.75) is 23.3 Å². The number of hydrogen-bond donors (Lipinski definition) is 1. The van der Waals surface area contributed by atoms with Crippen LogP contribution < -0.4 is 5.32 Å². The summed E-state index contributed by atoms with van der Waals surface area (Å²) in [7, 11) is -2.87. The summed E-state index contributed by atoms with van der Waals surface area (Å²) in [6.45, 7) is 2.48. The zero-order valence-corrected chi connectivity index (χ0v) is 8.35. The minimum atomic E-state index is -2.87. The van der Waals surface area contributed by atoms with Crippen molar-refractivity contribution >= 4 is 9.84 Å². The van der Waals surface area contributed by atoms with Crippen LogP contribution in [0.2, 0.25) is 0 Å². The number of ether oxygens (including phenoxy) is 1. The molecule has 0 unspecified atom stereocenters. The smallest absolute Gasteiger partial charge is 0.158 e. The Balaban J connectivity index is 2.03. The number of hydrogen-bond acceptors (Lipinski definition) is 4. The molecule has 2 fully saturated rings. The van der Waals surface area contributed by atoms with E-state index in [9.17, 15) is 8.42 Å². The van der Waals surface area contributed by atoms with Crippen molar-refractivity contribution in [1.29, 1.82) is 0 Å². The van der Waals surface area contributed by atoms with Gasteiger partial charge < -0.3 is 10.1 Å². The summed E-state index contributed by atoms with van der Waals surface area (Å²) in [6, 6.07) is 0. The molecular weight excluding hydrogens is 190 g/mol. The zero-order valence-electron chi connectivity index (χ0n) is 7.53. The highest BCUT2D eigenvalue weighted by molar-refractivity contribution is 7.92. The van der Waals surface area contributed by atoms with Crippen LogP contribution in [-0.2, 0) is 14.6 Å². The van der Waals surface area contributed by atoms with E-state index in [1.165, 1.54) is 0 Å². The van der Waals surface area contributed by atoms with Gasteiger partial charge in [0.15, 0.2) is 9.84 Å². The molecule has 0 radical (unpaired) electrons. The summed E-state index contributed by atoms with van der Waals surface area (Å²) in [6.07, 6.45) is 1.36. The van der Waals surface area contributed by atoms with E-state index in [-0.39, 0.29) is 10.5 Å². The Hall–Kier alpha value is -0.130. The molecule has 2 rings (SSSR count). The SMILES string of the molecule is O=S(=O)(C1CCOCC1)C1CNC1. The van der Waals surface area contributed by atoms with Gasteiger partial charge in [0.2, 0.25) is 0 Å². The monoisotopic (exact) mass is 205 g/mol. The van der Waals surface area contributed by atoms with Crippen LogP contribution in [-0.4, -0.2) is 45.2 Å². The fourth-order valence-corrected chi connectivity index (χ4v) is 3.87. The van der Waals surface area contributed by atoms with E-state index in [2.05, 4.69) is 5.32 Å². The first kappa shape index (κ1) is 9.43. The van der Waals surface area contributed by atoms with Crippen molar-refractivity contribution in [1.82, 2.24) is 5.32 Å². The second kappa shape index (κ2) is 3.55. The minimum Gasteiger partial charge on any atom is -0.381 e. The molecule has 2 saturated heterocycles. The maximum Gasteiger partial charge on any atom is 0.158 e. The molecule has 0 amide bonds. The van der Waals surface area contributed by atoms with Gasteiger partial charge in [0.05, 0.1) is 10.5 Å². The van der Waals surface area contributed by atoms with E-state index in [0.717, 1.165) is 0 Å². The molecule has 0 bridgehead atoms. The number of sulfone groups is 1. The molecule has 4 nitrogen and oxygen atoms in total.